The van der Waals surface area contributed by atoms with E-state index in [4.69, 9.17) is 5.11 Å². The molecule has 3 heteroatoms. The van der Waals surface area contributed by atoms with Crippen molar-refractivity contribution in [3.63, 3.8) is 0 Å². The Balaban J connectivity index is 2.00. The van der Waals surface area contributed by atoms with Crippen LogP contribution in [0.3, 0.4) is 0 Å². The van der Waals surface area contributed by atoms with Gasteiger partial charge in [-0.15, -0.1) is 11.8 Å². The van der Waals surface area contributed by atoms with Gasteiger partial charge >= 0.3 is 5.97 Å². The molecule has 0 atom stereocenters. The summed E-state index contributed by atoms with van der Waals surface area (Å²) in [7, 11) is 0. The second-order valence-electron chi connectivity index (χ2n) is 5.30. The number of fused-ring (bicyclic) bond motifs is 1. The summed E-state index contributed by atoms with van der Waals surface area (Å²) in [5.41, 5.74) is -0.649. The van der Waals surface area contributed by atoms with E-state index in [9.17, 15) is 4.79 Å². The number of carboxylic acids is 1. The Labute approximate surface area is 117 Å². The highest BCUT2D eigenvalue weighted by Gasteiger charge is 2.26. The molecule has 100 valence electrons. The summed E-state index contributed by atoms with van der Waals surface area (Å²) in [6.07, 6.45) is 0.666. The molecule has 0 radical (unpaired) electrons. The zero-order valence-electron chi connectivity index (χ0n) is 11.2. The molecule has 0 saturated heterocycles. The lowest BCUT2D eigenvalue weighted by molar-refractivity contribution is -0.146. The minimum atomic E-state index is -0.730. The summed E-state index contributed by atoms with van der Waals surface area (Å²) < 4.78 is 0. The Morgan fingerprint density at radius 1 is 1.16 bits per heavy atom. The third-order valence-corrected chi connectivity index (χ3v) is 4.29. The average molecular weight is 274 g/mol. The highest BCUT2D eigenvalue weighted by Crippen LogP contribution is 2.28. The molecule has 0 aromatic heterocycles. The largest absolute Gasteiger partial charge is 0.481 e. The second-order valence-corrected chi connectivity index (χ2v) is 6.46. The highest BCUT2D eigenvalue weighted by atomic mass is 32.2. The summed E-state index contributed by atoms with van der Waals surface area (Å²) in [6, 6.07) is 14.6. The van der Waals surface area contributed by atoms with Gasteiger partial charge in [0.1, 0.15) is 0 Å². The predicted molar refractivity (Wildman–Crippen MR) is 80.7 cm³/mol. The van der Waals surface area contributed by atoms with Gasteiger partial charge in [-0.05, 0) is 48.9 Å². The molecule has 2 rings (SSSR count). The van der Waals surface area contributed by atoms with Crippen molar-refractivity contribution in [2.45, 2.75) is 25.2 Å². The lowest BCUT2D eigenvalue weighted by Crippen LogP contribution is -2.24. The van der Waals surface area contributed by atoms with Crippen molar-refractivity contribution in [2.24, 2.45) is 5.41 Å². The Kier molecular flexibility index (Phi) is 4.15. The van der Waals surface area contributed by atoms with E-state index in [2.05, 4.69) is 30.3 Å². The van der Waals surface area contributed by atoms with E-state index < -0.39 is 11.4 Å². The van der Waals surface area contributed by atoms with Crippen LogP contribution in [0, 0.1) is 5.41 Å². The molecule has 0 aliphatic heterocycles. The second kappa shape index (κ2) is 5.66. The fraction of sp³-hybridized carbons (Fsp3) is 0.312. The van der Waals surface area contributed by atoms with Crippen LogP contribution >= 0.6 is 11.8 Å². The Morgan fingerprint density at radius 2 is 1.84 bits per heavy atom. The molecule has 0 aliphatic rings. The predicted octanol–water partition coefficient (Wildman–Crippen LogP) is 4.43. The lowest BCUT2D eigenvalue weighted by atomic mass is 9.91. The average Bonchev–Trinajstić information content (AvgIpc) is 2.38. The van der Waals surface area contributed by atoms with Crippen molar-refractivity contribution in [1.29, 1.82) is 0 Å². The Morgan fingerprint density at radius 3 is 2.53 bits per heavy atom. The van der Waals surface area contributed by atoms with E-state index in [-0.39, 0.29) is 0 Å². The van der Waals surface area contributed by atoms with Gasteiger partial charge in [0.25, 0.3) is 0 Å². The fourth-order valence-corrected chi connectivity index (χ4v) is 3.01. The molecule has 0 fully saturated rings. The molecular weight excluding hydrogens is 256 g/mol. The summed E-state index contributed by atoms with van der Waals surface area (Å²) >= 11 is 1.72. The first-order valence-electron chi connectivity index (χ1n) is 6.34. The lowest BCUT2D eigenvalue weighted by Gasteiger charge is -2.18. The first kappa shape index (κ1) is 13.9. The normalized spacial score (nSPS) is 11.7. The van der Waals surface area contributed by atoms with Crippen LogP contribution in [0.25, 0.3) is 10.8 Å². The molecule has 1 N–H and O–H groups in total. The molecule has 2 aromatic carbocycles. The van der Waals surface area contributed by atoms with E-state index in [0.29, 0.717) is 6.42 Å². The first-order chi connectivity index (χ1) is 8.99. The smallest absolute Gasteiger partial charge is 0.309 e. The van der Waals surface area contributed by atoms with Crippen molar-refractivity contribution in [1.82, 2.24) is 0 Å². The van der Waals surface area contributed by atoms with Crippen molar-refractivity contribution in [3.05, 3.63) is 42.5 Å². The van der Waals surface area contributed by atoms with Crippen LogP contribution in [0.4, 0.5) is 0 Å². The standard InChI is InChI=1S/C16H18O2S/c1-16(2,15(17)18)9-10-19-14-8-7-12-5-3-4-6-13(12)11-14/h3-8,11H,9-10H2,1-2H3,(H,17,18). The maximum atomic E-state index is 11.0. The van der Waals surface area contributed by atoms with Crippen molar-refractivity contribution < 1.29 is 9.90 Å². The molecule has 0 amide bonds. The van der Waals surface area contributed by atoms with E-state index >= 15 is 0 Å². The number of rotatable bonds is 5. The summed E-state index contributed by atoms with van der Waals surface area (Å²) in [5.74, 6) is 0.0871. The van der Waals surface area contributed by atoms with Crippen LogP contribution in [0.15, 0.2) is 47.4 Å². The monoisotopic (exact) mass is 274 g/mol. The van der Waals surface area contributed by atoms with E-state index in [1.54, 1.807) is 25.6 Å². The van der Waals surface area contributed by atoms with Crippen LogP contribution in [-0.4, -0.2) is 16.8 Å². The Hall–Kier alpha value is -1.48. The highest BCUT2D eigenvalue weighted by molar-refractivity contribution is 7.99. The number of hydrogen-bond acceptors (Lipinski definition) is 2. The van der Waals surface area contributed by atoms with E-state index in [1.807, 2.05) is 12.1 Å². The van der Waals surface area contributed by atoms with Gasteiger partial charge in [-0.2, -0.15) is 0 Å². The van der Waals surface area contributed by atoms with Gasteiger partial charge in [-0.25, -0.2) is 0 Å². The van der Waals surface area contributed by atoms with E-state index in [1.165, 1.54) is 15.7 Å². The molecule has 0 bridgehead atoms. The van der Waals surface area contributed by atoms with Crippen LogP contribution in [0.1, 0.15) is 20.3 Å². The maximum Gasteiger partial charge on any atom is 0.309 e. The maximum absolute atomic E-state index is 11.0. The minimum absolute atomic E-state index is 0.649. The van der Waals surface area contributed by atoms with Crippen LogP contribution in [0.2, 0.25) is 0 Å². The van der Waals surface area contributed by atoms with Gasteiger partial charge in [0.2, 0.25) is 0 Å². The first-order valence-corrected chi connectivity index (χ1v) is 7.33. The number of carbonyl (C=O) groups is 1. The van der Waals surface area contributed by atoms with Crippen LogP contribution in [0.5, 0.6) is 0 Å². The van der Waals surface area contributed by atoms with Gasteiger partial charge in [0, 0.05) is 4.90 Å². The third kappa shape index (κ3) is 3.51. The topological polar surface area (TPSA) is 37.3 Å². The molecule has 19 heavy (non-hydrogen) atoms. The third-order valence-electron chi connectivity index (χ3n) is 3.30. The number of thioether (sulfide) groups is 1. The Bertz CT molecular complexity index is 590. The molecule has 0 saturated carbocycles. The van der Waals surface area contributed by atoms with Gasteiger partial charge in [0.05, 0.1) is 5.41 Å². The quantitative estimate of drug-likeness (QED) is 0.819. The van der Waals surface area contributed by atoms with Crippen LogP contribution in [-0.2, 0) is 4.79 Å². The van der Waals surface area contributed by atoms with Gasteiger partial charge in [0.15, 0.2) is 0 Å². The number of benzene rings is 2. The van der Waals surface area contributed by atoms with Gasteiger partial charge in [-0.3, -0.25) is 4.79 Å². The van der Waals surface area contributed by atoms with Gasteiger partial charge < -0.3 is 5.11 Å². The van der Waals surface area contributed by atoms with E-state index in [0.717, 1.165) is 5.75 Å². The SMILES string of the molecule is CC(C)(CCSc1ccc2ccccc2c1)C(=O)O. The fourth-order valence-electron chi connectivity index (χ4n) is 1.79. The number of hydrogen-bond donors (Lipinski definition) is 1. The number of carboxylic acid groups (broad SMARTS) is 1. The van der Waals surface area contributed by atoms with Crippen LogP contribution < -0.4 is 0 Å². The van der Waals surface area contributed by atoms with Crippen molar-refractivity contribution in [2.75, 3.05) is 5.75 Å². The van der Waals surface area contributed by atoms with Gasteiger partial charge in [-0.1, -0.05) is 30.3 Å². The molecule has 0 unspecified atom stereocenters. The summed E-state index contributed by atoms with van der Waals surface area (Å²) in [4.78, 5) is 12.2. The molecular formula is C16H18O2S. The minimum Gasteiger partial charge on any atom is -0.481 e. The summed E-state index contributed by atoms with van der Waals surface area (Å²) in [6.45, 7) is 3.55. The van der Waals surface area contributed by atoms with Crippen molar-refractivity contribution >= 4 is 28.5 Å². The zero-order chi connectivity index (χ0) is 13.9. The zero-order valence-corrected chi connectivity index (χ0v) is 12.0. The molecule has 2 aromatic rings. The van der Waals surface area contributed by atoms with Crippen molar-refractivity contribution in [3.8, 4) is 0 Å². The molecule has 2 nitrogen and oxygen atoms in total. The molecule has 0 aliphatic carbocycles. The number of aliphatic carboxylic acids is 1. The molecule has 0 heterocycles. The summed E-state index contributed by atoms with van der Waals surface area (Å²) in [5, 5.41) is 11.5. The molecule has 0 spiro atoms.